The summed E-state index contributed by atoms with van der Waals surface area (Å²) in [7, 11) is -3.63. The summed E-state index contributed by atoms with van der Waals surface area (Å²) in [5, 5.41) is 0. The van der Waals surface area contributed by atoms with Gasteiger partial charge in [0.1, 0.15) is 5.78 Å². The Hall–Kier alpha value is -1.75. The maximum Gasteiger partial charge on any atom is 0.187 e. The summed E-state index contributed by atoms with van der Waals surface area (Å²) in [6, 6.07) is 8.19. The van der Waals surface area contributed by atoms with Crippen LogP contribution in [0.2, 0.25) is 0 Å². The molecule has 0 bridgehead atoms. The number of hydrogen-bond donors (Lipinski definition) is 0. The molecular weight excluding hydrogens is 288 g/mol. The Kier molecular flexibility index (Phi) is 4.42. The first-order valence-electron chi connectivity index (χ1n) is 6.89. The van der Waals surface area contributed by atoms with Gasteiger partial charge in [-0.1, -0.05) is 24.3 Å². The van der Waals surface area contributed by atoms with Gasteiger partial charge in [0.05, 0.1) is 9.64 Å². The summed E-state index contributed by atoms with van der Waals surface area (Å²) < 4.78 is 24.8. The van der Waals surface area contributed by atoms with Crippen LogP contribution in [0, 0.1) is 0 Å². The standard InChI is InChI=1S/C16H18O4S/c1-13(17)7-10-16(11-8-14(18)9-12-16)21(19,20)15-5-3-2-4-6-15/h2-6,8,11H,7,9-10,12H2,1H3/t16-/m0/s1. The Morgan fingerprint density at radius 1 is 1.24 bits per heavy atom. The van der Waals surface area contributed by atoms with Crippen molar-refractivity contribution in [1.82, 2.24) is 0 Å². The van der Waals surface area contributed by atoms with Crippen molar-refractivity contribution in [3.05, 3.63) is 42.5 Å². The van der Waals surface area contributed by atoms with Crippen molar-refractivity contribution in [1.29, 1.82) is 0 Å². The molecule has 1 atom stereocenters. The second kappa shape index (κ2) is 5.93. The van der Waals surface area contributed by atoms with E-state index < -0.39 is 14.6 Å². The van der Waals surface area contributed by atoms with Gasteiger partial charge in [-0.3, -0.25) is 4.79 Å². The van der Waals surface area contributed by atoms with Crippen molar-refractivity contribution in [2.75, 3.05) is 0 Å². The molecule has 4 nitrogen and oxygen atoms in total. The van der Waals surface area contributed by atoms with Gasteiger partial charge in [0, 0.05) is 12.8 Å². The highest BCUT2D eigenvalue weighted by Crippen LogP contribution is 2.38. The molecule has 2 rings (SSSR count). The molecule has 0 fully saturated rings. The normalized spacial score (nSPS) is 22.2. The molecule has 21 heavy (non-hydrogen) atoms. The molecule has 0 saturated carbocycles. The summed E-state index contributed by atoms with van der Waals surface area (Å²) in [6.07, 6.45) is 3.63. The maximum atomic E-state index is 13.0. The van der Waals surface area contributed by atoms with Crippen molar-refractivity contribution in [3.8, 4) is 0 Å². The first kappa shape index (κ1) is 15.6. The zero-order valence-electron chi connectivity index (χ0n) is 11.9. The van der Waals surface area contributed by atoms with E-state index in [-0.39, 0.29) is 42.1 Å². The van der Waals surface area contributed by atoms with E-state index in [1.54, 1.807) is 30.3 Å². The van der Waals surface area contributed by atoms with Crippen LogP contribution in [0.1, 0.15) is 32.6 Å². The van der Waals surface area contributed by atoms with E-state index in [0.717, 1.165) is 0 Å². The van der Waals surface area contributed by atoms with Crippen LogP contribution in [-0.2, 0) is 19.4 Å². The van der Waals surface area contributed by atoms with Crippen LogP contribution in [0.5, 0.6) is 0 Å². The third kappa shape index (κ3) is 3.13. The Morgan fingerprint density at radius 2 is 1.90 bits per heavy atom. The molecular formula is C16H18O4S. The quantitative estimate of drug-likeness (QED) is 0.838. The van der Waals surface area contributed by atoms with Crippen LogP contribution in [0.3, 0.4) is 0 Å². The molecule has 0 amide bonds. The van der Waals surface area contributed by atoms with Gasteiger partial charge in [-0.05, 0) is 38.0 Å². The lowest BCUT2D eigenvalue weighted by Crippen LogP contribution is -2.39. The predicted molar refractivity (Wildman–Crippen MR) is 79.7 cm³/mol. The van der Waals surface area contributed by atoms with Crippen molar-refractivity contribution in [2.45, 2.75) is 42.2 Å². The van der Waals surface area contributed by atoms with Crippen molar-refractivity contribution < 1.29 is 18.0 Å². The average molecular weight is 306 g/mol. The molecule has 0 N–H and O–H groups in total. The molecule has 0 radical (unpaired) electrons. The summed E-state index contributed by atoms with van der Waals surface area (Å²) in [5.74, 6) is -0.125. The van der Waals surface area contributed by atoms with Gasteiger partial charge >= 0.3 is 0 Å². The summed E-state index contributed by atoms with van der Waals surface area (Å²) in [5.41, 5.74) is 0. The van der Waals surface area contributed by atoms with Gasteiger partial charge in [0.15, 0.2) is 15.6 Å². The number of allylic oxidation sites excluding steroid dienone is 1. The van der Waals surface area contributed by atoms with Crippen molar-refractivity contribution in [3.63, 3.8) is 0 Å². The topological polar surface area (TPSA) is 68.3 Å². The van der Waals surface area contributed by atoms with Gasteiger partial charge in [0.25, 0.3) is 0 Å². The maximum absolute atomic E-state index is 13.0. The molecule has 1 aliphatic rings. The second-order valence-corrected chi connectivity index (χ2v) is 7.67. The molecule has 1 aliphatic carbocycles. The zero-order valence-corrected chi connectivity index (χ0v) is 12.7. The minimum atomic E-state index is -3.63. The number of ketones is 2. The van der Waals surface area contributed by atoms with E-state index in [0.29, 0.717) is 0 Å². The Morgan fingerprint density at radius 3 is 2.43 bits per heavy atom. The van der Waals surface area contributed by atoms with Gasteiger partial charge in [-0.15, -0.1) is 0 Å². The SMILES string of the molecule is CC(=O)CC[C@]1(S(=O)(=O)c2ccccc2)C=CC(=O)CC1. The van der Waals surface area contributed by atoms with Gasteiger partial charge in [-0.25, -0.2) is 8.42 Å². The van der Waals surface area contributed by atoms with Crippen molar-refractivity contribution >= 4 is 21.4 Å². The van der Waals surface area contributed by atoms with Gasteiger partial charge < -0.3 is 4.79 Å². The number of sulfone groups is 1. The molecule has 0 aliphatic heterocycles. The minimum Gasteiger partial charge on any atom is -0.300 e. The molecule has 0 aromatic heterocycles. The third-order valence-electron chi connectivity index (χ3n) is 3.86. The molecule has 0 unspecified atom stereocenters. The fraction of sp³-hybridized carbons (Fsp3) is 0.375. The predicted octanol–water partition coefficient (Wildman–Crippen LogP) is 2.49. The van der Waals surface area contributed by atoms with Crippen molar-refractivity contribution in [2.24, 2.45) is 0 Å². The number of hydrogen-bond acceptors (Lipinski definition) is 4. The Bertz CT molecular complexity index is 673. The number of rotatable bonds is 5. The van der Waals surface area contributed by atoms with Crippen LogP contribution in [0.4, 0.5) is 0 Å². The summed E-state index contributed by atoms with van der Waals surface area (Å²) in [4.78, 5) is 22.9. The monoisotopic (exact) mass is 306 g/mol. The number of benzene rings is 1. The van der Waals surface area contributed by atoms with E-state index in [1.165, 1.54) is 19.1 Å². The van der Waals surface area contributed by atoms with Crippen LogP contribution < -0.4 is 0 Å². The summed E-state index contributed by atoms with van der Waals surface area (Å²) in [6.45, 7) is 1.44. The molecule has 0 saturated heterocycles. The zero-order chi connectivity index (χ0) is 15.5. The smallest absolute Gasteiger partial charge is 0.187 e. The van der Waals surface area contributed by atoms with E-state index >= 15 is 0 Å². The third-order valence-corrected chi connectivity index (χ3v) is 6.36. The van der Waals surface area contributed by atoms with E-state index in [4.69, 9.17) is 0 Å². The first-order valence-corrected chi connectivity index (χ1v) is 8.37. The van der Waals surface area contributed by atoms with Crippen LogP contribution in [-0.4, -0.2) is 24.7 Å². The highest BCUT2D eigenvalue weighted by Gasteiger charge is 2.44. The van der Waals surface area contributed by atoms with Gasteiger partial charge in [0.2, 0.25) is 0 Å². The Labute approximate surface area is 124 Å². The largest absolute Gasteiger partial charge is 0.300 e. The van der Waals surface area contributed by atoms with Crippen LogP contribution in [0.25, 0.3) is 0 Å². The number of Topliss-reactive ketones (excluding diaryl/α,β-unsaturated/α-hetero) is 1. The van der Waals surface area contributed by atoms with Crippen LogP contribution >= 0.6 is 0 Å². The second-order valence-electron chi connectivity index (χ2n) is 5.38. The number of carbonyl (C=O) groups excluding carboxylic acids is 2. The highest BCUT2D eigenvalue weighted by atomic mass is 32.2. The lowest BCUT2D eigenvalue weighted by molar-refractivity contribution is -0.117. The molecule has 1 aromatic carbocycles. The molecule has 112 valence electrons. The fourth-order valence-electron chi connectivity index (χ4n) is 2.53. The Balaban J connectivity index is 2.47. The lowest BCUT2D eigenvalue weighted by atomic mass is 9.89. The molecule has 5 heteroatoms. The van der Waals surface area contributed by atoms with E-state index in [2.05, 4.69) is 0 Å². The minimum absolute atomic E-state index is 0.0528. The van der Waals surface area contributed by atoms with Gasteiger partial charge in [-0.2, -0.15) is 0 Å². The van der Waals surface area contributed by atoms with E-state index in [1.807, 2.05) is 0 Å². The molecule has 0 spiro atoms. The first-order chi connectivity index (χ1) is 9.87. The lowest BCUT2D eigenvalue weighted by Gasteiger charge is -2.32. The average Bonchev–Trinajstić information content (AvgIpc) is 2.47. The molecule has 1 aromatic rings. The number of carbonyl (C=O) groups is 2. The van der Waals surface area contributed by atoms with Crippen LogP contribution in [0.15, 0.2) is 47.4 Å². The van der Waals surface area contributed by atoms with E-state index in [9.17, 15) is 18.0 Å². The highest BCUT2D eigenvalue weighted by molar-refractivity contribution is 7.93. The summed E-state index contributed by atoms with van der Waals surface area (Å²) >= 11 is 0. The molecule has 0 heterocycles. The fourth-order valence-corrected chi connectivity index (χ4v) is 4.51.